The normalized spacial score (nSPS) is 14.6. The molecule has 0 spiro atoms. The quantitative estimate of drug-likeness (QED) is 0.785. The van der Waals surface area contributed by atoms with Crippen LogP contribution in [0.3, 0.4) is 0 Å². The van der Waals surface area contributed by atoms with Gasteiger partial charge >= 0.3 is 5.97 Å². The van der Waals surface area contributed by atoms with Crippen LogP contribution in [-0.2, 0) is 14.3 Å². The van der Waals surface area contributed by atoms with Gasteiger partial charge in [-0.2, -0.15) is 0 Å². The van der Waals surface area contributed by atoms with Gasteiger partial charge in [0.25, 0.3) is 0 Å². The molecule has 0 saturated carbocycles. The molecule has 2 atom stereocenters. The lowest BCUT2D eigenvalue weighted by Crippen LogP contribution is -2.39. The molecule has 0 fully saturated rings. The van der Waals surface area contributed by atoms with Gasteiger partial charge in [0.15, 0.2) is 6.10 Å². The molecule has 0 amide bonds. The first kappa shape index (κ1) is 17.7. The van der Waals surface area contributed by atoms with Crippen molar-refractivity contribution in [3.05, 3.63) is 35.4 Å². The number of esters is 1. The van der Waals surface area contributed by atoms with Crippen molar-refractivity contribution in [1.29, 1.82) is 0 Å². The van der Waals surface area contributed by atoms with Crippen LogP contribution < -0.4 is 0 Å². The zero-order chi connectivity index (χ0) is 16.0. The molecule has 4 heteroatoms. The number of rotatable bonds is 7. The summed E-state index contributed by atoms with van der Waals surface area (Å²) in [7, 11) is 1.41. The molecular weight excluding hydrogens is 268 g/mol. The Bertz CT molecular complexity index is 466. The third-order valence-corrected chi connectivity index (χ3v) is 4.12. The van der Waals surface area contributed by atoms with Crippen LogP contribution in [0.2, 0.25) is 0 Å². The maximum Gasteiger partial charge on any atom is 0.338 e. The van der Waals surface area contributed by atoms with E-state index in [2.05, 4.69) is 0 Å². The van der Waals surface area contributed by atoms with Crippen molar-refractivity contribution >= 4 is 5.97 Å². The minimum absolute atomic E-state index is 0.528. The Kier molecular flexibility index (Phi) is 6.37. The van der Waals surface area contributed by atoms with Gasteiger partial charge in [0.2, 0.25) is 0 Å². The predicted molar refractivity (Wildman–Crippen MR) is 82.0 cm³/mol. The number of carbonyl (C=O) groups excluding carboxylic acids is 1. The minimum atomic E-state index is -1.04. The van der Waals surface area contributed by atoms with Gasteiger partial charge in [-0.05, 0) is 37.8 Å². The molecule has 1 rings (SSSR count). The molecule has 0 aliphatic carbocycles. The number of aliphatic hydroxyl groups is 1. The van der Waals surface area contributed by atoms with Crippen LogP contribution in [0, 0.1) is 6.92 Å². The zero-order valence-corrected chi connectivity index (χ0v) is 13.6. The molecule has 0 heterocycles. The average molecular weight is 294 g/mol. The van der Waals surface area contributed by atoms with E-state index in [1.807, 2.05) is 45.9 Å². The van der Waals surface area contributed by atoms with Gasteiger partial charge < -0.3 is 14.6 Å². The van der Waals surface area contributed by atoms with E-state index in [0.717, 1.165) is 5.56 Å². The molecule has 0 aromatic heterocycles. The highest BCUT2D eigenvalue weighted by Gasteiger charge is 2.34. The topological polar surface area (TPSA) is 55.8 Å². The summed E-state index contributed by atoms with van der Waals surface area (Å²) in [6.07, 6.45) is -0.636. The molecule has 0 aliphatic heterocycles. The Morgan fingerprint density at radius 2 is 1.86 bits per heavy atom. The summed E-state index contributed by atoms with van der Waals surface area (Å²) in [6.45, 7) is 7.71. The van der Waals surface area contributed by atoms with E-state index >= 15 is 0 Å². The van der Waals surface area contributed by atoms with Crippen molar-refractivity contribution in [1.82, 2.24) is 0 Å². The van der Waals surface area contributed by atoms with Gasteiger partial charge in [0.1, 0.15) is 11.7 Å². The predicted octanol–water partition coefficient (Wildman–Crippen LogP) is 3.17. The molecule has 1 aromatic rings. The van der Waals surface area contributed by atoms with Crippen molar-refractivity contribution in [3.63, 3.8) is 0 Å². The van der Waals surface area contributed by atoms with Gasteiger partial charge in [-0.15, -0.1) is 0 Å². The Morgan fingerprint density at radius 1 is 1.29 bits per heavy atom. The first-order valence-corrected chi connectivity index (χ1v) is 7.37. The summed E-state index contributed by atoms with van der Waals surface area (Å²) in [5, 5.41) is 10.4. The molecule has 0 unspecified atom stereocenters. The number of aliphatic hydroxyl groups excluding tert-OH is 1. The summed E-state index contributed by atoms with van der Waals surface area (Å²) < 4.78 is 10.7. The standard InChI is InChI=1S/C17H26O4/c1-6-17(4,7-2)21-16(19)15(20-5)14(18)13-11-9-8-10-12(13)3/h8-11,14-15,18H,6-7H2,1-5H3/t14-,15-/m0/s1. The van der Waals surface area contributed by atoms with Gasteiger partial charge in [0.05, 0.1) is 0 Å². The van der Waals surface area contributed by atoms with E-state index in [-0.39, 0.29) is 0 Å². The SMILES string of the molecule is CCC(C)(CC)OC(=O)[C@@H](OC)[C@@H](O)c1ccccc1C. The molecular formula is C17H26O4. The maximum atomic E-state index is 12.3. The Hall–Kier alpha value is -1.39. The number of carbonyl (C=O) groups is 1. The Labute approximate surface area is 127 Å². The second-order valence-electron chi connectivity index (χ2n) is 5.54. The summed E-state index contributed by atoms with van der Waals surface area (Å²) in [5.74, 6) is -0.528. The summed E-state index contributed by atoms with van der Waals surface area (Å²) >= 11 is 0. The summed E-state index contributed by atoms with van der Waals surface area (Å²) in [6, 6.07) is 7.39. The highest BCUT2D eigenvalue weighted by atomic mass is 16.6. The number of hydrogen-bond acceptors (Lipinski definition) is 4. The second-order valence-corrected chi connectivity index (χ2v) is 5.54. The van der Waals surface area contributed by atoms with E-state index < -0.39 is 23.8 Å². The van der Waals surface area contributed by atoms with Crippen LogP contribution in [0.15, 0.2) is 24.3 Å². The monoisotopic (exact) mass is 294 g/mol. The fourth-order valence-corrected chi connectivity index (χ4v) is 2.13. The van der Waals surface area contributed by atoms with Crippen LogP contribution in [0.1, 0.15) is 50.8 Å². The number of aryl methyl sites for hydroxylation is 1. The first-order valence-electron chi connectivity index (χ1n) is 7.37. The first-order chi connectivity index (χ1) is 9.88. The highest BCUT2D eigenvalue weighted by Crippen LogP contribution is 2.26. The van der Waals surface area contributed by atoms with Crippen molar-refractivity contribution in [2.45, 2.75) is 58.3 Å². The number of ether oxygens (including phenoxy) is 2. The number of benzene rings is 1. The van der Waals surface area contributed by atoms with Crippen LogP contribution in [-0.4, -0.2) is 29.9 Å². The van der Waals surface area contributed by atoms with Gasteiger partial charge in [-0.1, -0.05) is 38.1 Å². The van der Waals surface area contributed by atoms with Crippen molar-refractivity contribution in [3.8, 4) is 0 Å². The van der Waals surface area contributed by atoms with Crippen molar-refractivity contribution in [2.24, 2.45) is 0 Å². The minimum Gasteiger partial charge on any atom is -0.457 e. The maximum absolute atomic E-state index is 12.3. The van der Waals surface area contributed by atoms with Crippen LogP contribution in [0.5, 0.6) is 0 Å². The molecule has 0 aliphatic rings. The average Bonchev–Trinajstić information content (AvgIpc) is 2.48. The van der Waals surface area contributed by atoms with E-state index in [0.29, 0.717) is 18.4 Å². The molecule has 0 bridgehead atoms. The van der Waals surface area contributed by atoms with E-state index in [4.69, 9.17) is 9.47 Å². The lowest BCUT2D eigenvalue weighted by Gasteiger charge is -2.30. The van der Waals surface area contributed by atoms with Crippen molar-refractivity contribution in [2.75, 3.05) is 7.11 Å². The summed E-state index contributed by atoms with van der Waals surface area (Å²) in [5.41, 5.74) is 1.06. The second kappa shape index (κ2) is 7.57. The highest BCUT2D eigenvalue weighted by molar-refractivity contribution is 5.76. The molecule has 1 aromatic carbocycles. The zero-order valence-electron chi connectivity index (χ0n) is 13.6. The van der Waals surface area contributed by atoms with Crippen molar-refractivity contribution < 1.29 is 19.4 Å². The van der Waals surface area contributed by atoms with E-state index in [1.165, 1.54) is 7.11 Å². The third-order valence-electron chi connectivity index (χ3n) is 4.12. The van der Waals surface area contributed by atoms with Gasteiger partial charge in [0, 0.05) is 7.11 Å². The molecule has 4 nitrogen and oxygen atoms in total. The fraction of sp³-hybridized carbons (Fsp3) is 0.588. The molecule has 118 valence electrons. The third kappa shape index (κ3) is 4.29. The summed E-state index contributed by atoms with van der Waals surface area (Å²) in [4.78, 5) is 12.3. The fourth-order valence-electron chi connectivity index (χ4n) is 2.13. The van der Waals surface area contributed by atoms with Crippen LogP contribution >= 0.6 is 0 Å². The molecule has 21 heavy (non-hydrogen) atoms. The van der Waals surface area contributed by atoms with E-state index in [1.54, 1.807) is 6.07 Å². The number of methoxy groups -OCH3 is 1. The van der Waals surface area contributed by atoms with Crippen LogP contribution in [0.25, 0.3) is 0 Å². The Balaban J connectivity index is 2.92. The smallest absolute Gasteiger partial charge is 0.338 e. The van der Waals surface area contributed by atoms with Crippen LogP contribution in [0.4, 0.5) is 0 Å². The molecule has 1 N–H and O–H groups in total. The largest absolute Gasteiger partial charge is 0.457 e. The lowest BCUT2D eigenvalue weighted by atomic mass is 9.98. The molecule has 0 saturated heterocycles. The van der Waals surface area contributed by atoms with Gasteiger partial charge in [-0.25, -0.2) is 4.79 Å². The van der Waals surface area contributed by atoms with E-state index in [9.17, 15) is 9.90 Å². The van der Waals surface area contributed by atoms with Gasteiger partial charge in [-0.3, -0.25) is 0 Å². The molecule has 0 radical (unpaired) electrons. The lowest BCUT2D eigenvalue weighted by molar-refractivity contribution is -0.177. The Morgan fingerprint density at radius 3 is 2.33 bits per heavy atom. The number of hydrogen-bond donors (Lipinski definition) is 1.